The third kappa shape index (κ3) is 4.93. The van der Waals surface area contributed by atoms with E-state index >= 15 is 0 Å². The van der Waals surface area contributed by atoms with Gasteiger partial charge in [0.1, 0.15) is 11.6 Å². The molecule has 7 nitrogen and oxygen atoms in total. The number of amides is 1. The van der Waals surface area contributed by atoms with E-state index in [0.717, 1.165) is 45.3 Å². The molecule has 36 heavy (non-hydrogen) atoms. The Kier molecular flexibility index (Phi) is 6.92. The van der Waals surface area contributed by atoms with E-state index in [2.05, 4.69) is 20.2 Å². The van der Waals surface area contributed by atoms with Gasteiger partial charge < -0.3 is 20.0 Å². The smallest absolute Gasteiger partial charge is 0.257 e. The number of aromatic amines is 2. The minimum absolute atomic E-state index is 0.129. The van der Waals surface area contributed by atoms with E-state index in [0.29, 0.717) is 39.8 Å². The summed E-state index contributed by atoms with van der Waals surface area (Å²) in [4.78, 5) is 33.6. The topological polar surface area (TPSA) is 90.2 Å². The molecular formula is C27H26F2N4O3. The van der Waals surface area contributed by atoms with Gasteiger partial charge in [0.25, 0.3) is 11.5 Å². The Hall–Kier alpha value is -3.82. The average Bonchev–Trinajstić information content (AvgIpc) is 3.25. The Morgan fingerprint density at radius 1 is 1.06 bits per heavy atom. The minimum Gasteiger partial charge on any atom is -0.379 e. The molecule has 1 aliphatic heterocycles. The lowest BCUT2D eigenvalue weighted by Crippen LogP contribution is -2.38. The van der Waals surface area contributed by atoms with Gasteiger partial charge in [0.15, 0.2) is 0 Å². The van der Waals surface area contributed by atoms with Crippen molar-refractivity contribution in [3.05, 3.63) is 82.3 Å². The largest absolute Gasteiger partial charge is 0.379 e. The Morgan fingerprint density at radius 3 is 2.67 bits per heavy atom. The SMILES string of the molecule is O=C(NCCCN1CCOCC1)c1ccc2[nH]c(-c3ccc[nH]c3=O)c(-c3ccc(F)cc3F)c2c1. The van der Waals surface area contributed by atoms with E-state index in [-0.39, 0.29) is 17.0 Å². The van der Waals surface area contributed by atoms with Crippen molar-refractivity contribution in [2.24, 2.45) is 0 Å². The zero-order valence-electron chi connectivity index (χ0n) is 19.6. The van der Waals surface area contributed by atoms with Crippen LogP contribution < -0.4 is 10.9 Å². The van der Waals surface area contributed by atoms with Gasteiger partial charge >= 0.3 is 0 Å². The molecule has 0 unspecified atom stereocenters. The number of pyridine rings is 1. The summed E-state index contributed by atoms with van der Waals surface area (Å²) in [5.41, 5.74) is 1.89. The number of aromatic nitrogens is 2. The summed E-state index contributed by atoms with van der Waals surface area (Å²) in [5.74, 6) is -1.71. The highest BCUT2D eigenvalue weighted by molar-refractivity contribution is 6.07. The minimum atomic E-state index is -0.762. The number of carbonyl (C=O) groups excluding carboxylic acids is 1. The van der Waals surface area contributed by atoms with Gasteiger partial charge in [-0.2, -0.15) is 0 Å². The predicted molar refractivity (Wildman–Crippen MR) is 134 cm³/mol. The number of ether oxygens (including phenoxy) is 1. The zero-order chi connectivity index (χ0) is 25.1. The molecule has 3 N–H and O–H groups in total. The molecule has 0 radical (unpaired) electrons. The molecule has 2 aromatic carbocycles. The van der Waals surface area contributed by atoms with Crippen LogP contribution in [-0.2, 0) is 4.74 Å². The number of halogens is 2. The lowest BCUT2D eigenvalue weighted by Gasteiger charge is -2.26. The van der Waals surface area contributed by atoms with Gasteiger partial charge in [-0.3, -0.25) is 14.5 Å². The number of nitrogens with zero attached hydrogens (tertiary/aromatic N) is 1. The summed E-state index contributed by atoms with van der Waals surface area (Å²) in [6, 6.07) is 11.7. The Labute approximate surface area is 206 Å². The van der Waals surface area contributed by atoms with Crippen molar-refractivity contribution >= 4 is 16.8 Å². The van der Waals surface area contributed by atoms with Crippen LogP contribution in [0.25, 0.3) is 33.3 Å². The van der Waals surface area contributed by atoms with E-state index in [9.17, 15) is 18.4 Å². The van der Waals surface area contributed by atoms with E-state index in [1.54, 1.807) is 30.3 Å². The van der Waals surface area contributed by atoms with Crippen LogP contribution in [0.2, 0.25) is 0 Å². The standard InChI is InChI=1S/C27H26F2N4O3/c28-18-5-6-19(22(29)16-18)24-21-15-17(26(34)30-9-2-10-33-11-13-36-14-12-33)4-7-23(21)32-25(24)20-3-1-8-31-27(20)35/h1,3-8,15-16,32H,2,9-14H2,(H,30,34)(H,31,35). The highest BCUT2D eigenvalue weighted by Crippen LogP contribution is 2.39. The Balaban J connectivity index is 1.47. The first-order valence-electron chi connectivity index (χ1n) is 11.9. The molecule has 1 saturated heterocycles. The number of fused-ring (bicyclic) bond motifs is 1. The number of carbonyl (C=O) groups is 1. The maximum absolute atomic E-state index is 14.9. The van der Waals surface area contributed by atoms with Crippen LogP contribution in [-0.4, -0.2) is 60.2 Å². The molecule has 0 aliphatic carbocycles. The molecule has 0 spiro atoms. The molecule has 0 saturated carbocycles. The molecule has 1 fully saturated rings. The van der Waals surface area contributed by atoms with Crippen LogP contribution in [0, 0.1) is 11.6 Å². The summed E-state index contributed by atoms with van der Waals surface area (Å²) in [6.45, 7) is 4.66. The predicted octanol–water partition coefficient (Wildman–Crippen LogP) is 3.92. The van der Waals surface area contributed by atoms with E-state index in [4.69, 9.17) is 4.74 Å². The van der Waals surface area contributed by atoms with Crippen molar-refractivity contribution in [2.45, 2.75) is 6.42 Å². The van der Waals surface area contributed by atoms with Crippen LogP contribution in [0.4, 0.5) is 8.78 Å². The number of H-pyrrole nitrogens is 2. The van der Waals surface area contributed by atoms with Gasteiger partial charge in [-0.1, -0.05) is 0 Å². The lowest BCUT2D eigenvalue weighted by atomic mass is 9.97. The first-order valence-corrected chi connectivity index (χ1v) is 11.9. The van der Waals surface area contributed by atoms with E-state index in [1.165, 1.54) is 18.3 Å². The second kappa shape index (κ2) is 10.4. The molecule has 186 valence electrons. The van der Waals surface area contributed by atoms with E-state index in [1.807, 2.05) is 0 Å². The number of hydrogen-bond donors (Lipinski definition) is 3. The fourth-order valence-electron chi connectivity index (χ4n) is 4.56. The summed E-state index contributed by atoms with van der Waals surface area (Å²) in [5, 5.41) is 3.50. The van der Waals surface area contributed by atoms with Crippen molar-refractivity contribution in [2.75, 3.05) is 39.4 Å². The van der Waals surface area contributed by atoms with Crippen molar-refractivity contribution in [3.63, 3.8) is 0 Å². The van der Waals surface area contributed by atoms with Crippen molar-refractivity contribution in [1.29, 1.82) is 0 Å². The van der Waals surface area contributed by atoms with Gasteiger partial charge in [-0.25, -0.2) is 8.78 Å². The fraction of sp³-hybridized carbons (Fsp3) is 0.259. The molecule has 9 heteroatoms. The molecule has 0 atom stereocenters. The Morgan fingerprint density at radius 2 is 1.89 bits per heavy atom. The summed E-state index contributed by atoms with van der Waals surface area (Å²) in [7, 11) is 0. The molecule has 5 rings (SSSR count). The molecule has 1 aliphatic rings. The molecule has 3 heterocycles. The van der Waals surface area contributed by atoms with Gasteiger partial charge in [-0.15, -0.1) is 0 Å². The third-order valence-corrected chi connectivity index (χ3v) is 6.39. The number of hydrogen-bond acceptors (Lipinski definition) is 4. The molecule has 0 bridgehead atoms. The number of morpholine rings is 1. The summed E-state index contributed by atoms with van der Waals surface area (Å²) in [6.07, 6.45) is 2.32. The Bertz CT molecular complexity index is 1460. The second-order valence-corrected chi connectivity index (χ2v) is 8.74. The quantitative estimate of drug-likeness (QED) is 0.341. The van der Waals surface area contributed by atoms with Gasteiger partial charge in [0.05, 0.1) is 24.5 Å². The van der Waals surface area contributed by atoms with Crippen LogP contribution in [0.3, 0.4) is 0 Å². The van der Waals surface area contributed by atoms with Crippen LogP contribution >= 0.6 is 0 Å². The molecule has 2 aromatic heterocycles. The monoisotopic (exact) mass is 492 g/mol. The lowest BCUT2D eigenvalue weighted by molar-refractivity contribution is 0.0374. The molecule has 1 amide bonds. The molecular weight excluding hydrogens is 466 g/mol. The summed E-state index contributed by atoms with van der Waals surface area (Å²) < 4.78 is 33.9. The zero-order valence-corrected chi connectivity index (χ0v) is 19.6. The first kappa shape index (κ1) is 23.9. The van der Waals surface area contributed by atoms with Crippen molar-refractivity contribution in [1.82, 2.24) is 20.2 Å². The second-order valence-electron chi connectivity index (χ2n) is 8.74. The van der Waals surface area contributed by atoms with Crippen LogP contribution in [0.15, 0.2) is 59.5 Å². The van der Waals surface area contributed by atoms with Crippen LogP contribution in [0.1, 0.15) is 16.8 Å². The highest BCUT2D eigenvalue weighted by Gasteiger charge is 2.21. The first-order chi connectivity index (χ1) is 17.5. The summed E-state index contributed by atoms with van der Waals surface area (Å²) >= 11 is 0. The van der Waals surface area contributed by atoms with Crippen molar-refractivity contribution in [3.8, 4) is 22.4 Å². The number of nitrogens with one attached hydrogen (secondary N) is 3. The fourth-order valence-corrected chi connectivity index (χ4v) is 4.56. The van der Waals surface area contributed by atoms with Gasteiger partial charge in [0.2, 0.25) is 0 Å². The van der Waals surface area contributed by atoms with Gasteiger partial charge in [0, 0.05) is 59.5 Å². The maximum Gasteiger partial charge on any atom is 0.257 e. The molecule has 4 aromatic rings. The maximum atomic E-state index is 14.9. The number of benzene rings is 2. The highest BCUT2D eigenvalue weighted by atomic mass is 19.1. The average molecular weight is 493 g/mol. The van der Waals surface area contributed by atoms with Crippen LogP contribution in [0.5, 0.6) is 0 Å². The third-order valence-electron chi connectivity index (χ3n) is 6.39. The van der Waals surface area contributed by atoms with Gasteiger partial charge in [-0.05, 0) is 55.4 Å². The number of rotatable bonds is 7. The normalized spacial score (nSPS) is 14.3. The van der Waals surface area contributed by atoms with Crippen molar-refractivity contribution < 1.29 is 18.3 Å². The van der Waals surface area contributed by atoms with E-state index < -0.39 is 11.6 Å².